The minimum absolute atomic E-state index is 0.0713. The predicted molar refractivity (Wildman–Crippen MR) is 78.9 cm³/mol. The second-order valence-corrected chi connectivity index (χ2v) is 5.22. The number of hydrogen-bond acceptors (Lipinski definition) is 4. The molecule has 7 heteroatoms. The van der Waals surface area contributed by atoms with Crippen LogP contribution in [0.25, 0.3) is 0 Å². The number of carboxylic acid groups (broad SMARTS) is 1. The summed E-state index contributed by atoms with van der Waals surface area (Å²) < 4.78 is 5.43. The van der Waals surface area contributed by atoms with Crippen molar-refractivity contribution in [2.75, 3.05) is 25.0 Å². The molecule has 0 saturated carbocycles. The Balaban J connectivity index is 1.84. The molecule has 0 spiro atoms. The van der Waals surface area contributed by atoms with E-state index >= 15 is 0 Å². The first kappa shape index (κ1) is 15.8. The molecule has 0 aromatic heterocycles. The van der Waals surface area contributed by atoms with E-state index < -0.39 is 5.97 Å². The number of rotatable bonds is 6. The standard InChI is InChI=1S/C14H17ClN2O4/c15-11-4-3-9(14(19)20)6-12(11)17-13(18)8-16-7-10-2-1-5-21-10/h3-4,6,10,16H,1-2,5,7-8H2,(H,17,18)(H,19,20). The van der Waals surface area contributed by atoms with E-state index in [1.807, 2.05) is 0 Å². The average molecular weight is 313 g/mol. The molecule has 6 nitrogen and oxygen atoms in total. The van der Waals surface area contributed by atoms with Crippen molar-refractivity contribution >= 4 is 29.2 Å². The molecule has 1 aliphatic rings. The number of benzene rings is 1. The molecule has 1 unspecified atom stereocenters. The van der Waals surface area contributed by atoms with E-state index in [9.17, 15) is 9.59 Å². The molecule has 1 aromatic rings. The number of halogens is 1. The fourth-order valence-corrected chi connectivity index (χ4v) is 2.27. The van der Waals surface area contributed by atoms with Gasteiger partial charge in [-0.2, -0.15) is 0 Å². The van der Waals surface area contributed by atoms with E-state index in [1.165, 1.54) is 18.2 Å². The van der Waals surface area contributed by atoms with E-state index in [4.69, 9.17) is 21.4 Å². The average Bonchev–Trinajstić information content (AvgIpc) is 2.94. The van der Waals surface area contributed by atoms with Crippen LogP contribution in [0.2, 0.25) is 5.02 Å². The maximum atomic E-state index is 11.8. The molecule has 2 rings (SSSR count). The second-order valence-electron chi connectivity index (χ2n) is 4.81. The van der Waals surface area contributed by atoms with Crippen LogP contribution in [0.15, 0.2) is 18.2 Å². The van der Waals surface area contributed by atoms with Gasteiger partial charge >= 0.3 is 5.97 Å². The Kier molecular flexibility index (Phi) is 5.55. The monoisotopic (exact) mass is 312 g/mol. The third-order valence-electron chi connectivity index (χ3n) is 3.17. The molecule has 0 radical (unpaired) electrons. The van der Waals surface area contributed by atoms with Gasteiger partial charge in [0.05, 0.1) is 28.9 Å². The van der Waals surface area contributed by atoms with Crippen LogP contribution in [0.1, 0.15) is 23.2 Å². The summed E-state index contributed by atoms with van der Waals surface area (Å²) in [6, 6.07) is 4.17. The van der Waals surface area contributed by atoms with Crippen LogP contribution in [0, 0.1) is 0 Å². The van der Waals surface area contributed by atoms with Gasteiger partial charge in [-0.15, -0.1) is 0 Å². The molecule has 1 saturated heterocycles. The molecule has 3 N–H and O–H groups in total. The Hall–Kier alpha value is -1.63. The fraction of sp³-hybridized carbons (Fsp3) is 0.429. The number of hydrogen-bond donors (Lipinski definition) is 3. The molecular formula is C14H17ClN2O4. The summed E-state index contributed by atoms with van der Waals surface area (Å²) >= 11 is 5.93. The number of carbonyl (C=O) groups is 2. The first-order chi connectivity index (χ1) is 10.1. The van der Waals surface area contributed by atoms with Crippen LogP contribution < -0.4 is 10.6 Å². The Morgan fingerprint density at radius 3 is 2.90 bits per heavy atom. The van der Waals surface area contributed by atoms with Crippen LogP contribution in [0.4, 0.5) is 5.69 Å². The van der Waals surface area contributed by atoms with Crippen molar-refractivity contribution in [2.45, 2.75) is 18.9 Å². The van der Waals surface area contributed by atoms with Crippen LogP contribution >= 0.6 is 11.6 Å². The summed E-state index contributed by atoms with van der Waals surface area (Å²) in [6.45, 7) is 1.51. The number of carboxylic acids is 1. The smallest absolute Gasteiger partial charge is 0.335 e. The minimum Gasteiger partial charge on any atom is -0.478 e. The van der Waals surface area contributed by atoms with Gasteiger partial charge in [0.1, 0.15) is 0 Å². The molecule has 0 aliphatic carbocycles. The number of amides is 1. The van der Waals surface area contributed by atoms with Gasteiger partial charge < -0.3 is 20.5 Å². The number of anilines is 1. The van der Waals surface area contributed by atoms with E-state index in [0.29, 0.717) is 17.3 Å². The maximum Gasteiger partial charge on any atom is 0.335 e. The van der Waals surface area contributed by atoms with Crippen molar-refractivity contribution < 1.29 is 19.4 Å². The minimum atomic E-state index is -1.07. The summed E-state index contributed by atoms with van der Waals surface area (Å²) in [5.74, 6) is -1.35. The highest BCUT2D eigenvalue weighted by molar-refractivity contribution is 6.33. The maximum absolute atomic E-state index is 11.8. The summed E-state index contributed by atoms with van der Waals surface area (Å²) in [5.41, 5.74) is 0.363. The highest BCUT2D eigenvalue weighted by atomic mass is 35.5. The molecule has 1 amide bonds. The summed E-state index contributed by atoms with van der Waals surface area (Å²) in [7, 11) is 0. The fourth-order valence-electron chi connectivity index (χ4n) is 2.10. The van der Waals surface area contributed by atoms with Gasteiger partial charge in [-0.3, -0.25) is 4.79 Å². The zero-order valence-corrected chi connectivity index (χ0v) is 12.2. The first-order valence-corrected chi connectivity index (χ1v) is 7.09. The molecule has 1 atom stereocenters. The highest BCUT2D eigenvalue weighted by Gasteiger charge is 2.15. The predicted octanol–water partition coefficient (Wildman–Crippen LogP) is 1.75. The van der Waals surface area contributed by atoms with Crippen LogP contribution in [0.5, 0.6) is 0 Å². The SMILES string of the molecule is O=C(CNCC1CCCO1)Nc1cc(C(=O)O)ccc1Cl. The molecule has 21 heavy (non-hydrogen) atoms. The normalized spacial score (nSPS) is 17.7. The summed E-state index contributed by atoms with van der Waals surface area (Å²) in [5, 5.41) is 14.8. The van der Waals surface area contributed by atoms with E-state index in [-0.39, 0.29) is 24.1 Å². The van der Waals surface area contributed by atoms with Crippen molar-refractivity contribution in [1.29, 1.82) is 0 Å². The number of nitrogens with one attached hydrogen (secondary N) is 2. The first-order valence-electron chi connectivity index (χ1n) is 6.71. The topological polar surface area (TPSA) is 87.7 Å². The van der Waals surface area contributed by atoms with E-state index in [1.54, 1.807) is 0 Å². The Morgan fingerprint density at radius 2 is 2.24 bits per heavy atom. The number of ether oxygens (including phenoxy) is 1. The molecule has 1 aromatic carbocycles. The Bertz CT molecular complexity index is 530. The highest BCUT2D eigenvalue weighted by Crippen LogP contribution is 2.23. The van der Waals surface area contributed by atoms with Gasteiger partial charge in [0.25, 0.3) is 0 Å². The lowest BCUT2D eigenvalue weighted by atomic mass is 10.2. The van der Waals surface area contributed by atoms with Gasteiger partial charge in [-0.25, -0.2) is 4.79 Å². The van der Waals surface area contributed by atoms with Crippen molar-refractivity contribution in [2.24, 2.45) is 0 Å². The summed E-state index contributed by atoms with van der Waals surface area (Å²) in [6.07, 6.45) is 2.22. The van der Waals surface area contributed by atoms with Gasteiger partial charge in [0.15, 0.2) is 0 Å². The molecular weight excluding hydrogens is 296 g/mol. The number of carbonyl (C=O) groups excluding carboxylic acids is 1. The summed E-state index contributed by atoms with van der Waals surface area (Å²) in [4.78, 5) is 22.7. The lowest BCUT2D eigenvalue weighted by Gasteiger charge is -2.11. The quantitative estimate of drug-likeness (QED) is 0.745. The largest absolute Gasteiger partial charge is 0.478 e. The zero-order chi connectivity index (χ0) is 15.2. The van der Waals surface area contributed by atoms with Crippen molar-refractivity contribution in [3.8, 4) is 0 Å². The Morgan fingerprint density at radius 1 is 1.43 bits per heavy atom. The van der Waals surface area contributed by atoms with E-state index in [0.717, 1.165) is 19.4 Å². The zero-order valence-electron chi connectivity index (χ0n) is 11.4. The van der Waals surface area contributed by atoms with Crippen molar-refractivity contribution in [3.63, 3.8) is 0 Å². The lowest BCUT2D eigenvalue weighted by molar-refractivity contribution is -0.115. The van der Waals surface area contributed by atoms with Crippen LogP contribution in [-0.2, 0) is 9.53 Å². The molecule has 1 aliphatic heterocycles. The molecule has 0 bridgehead atoms. The second kappa shape index (κ2) is 7.40. The van der Waals surface area contributed by atoms with Gasteiger partial charge in [0, 0.05) is 13.2 Å². The lowest BCUT2D eigenvalue weighted by Crippen LogP contribution is -2.33. The van der Waals surface area contributed by atoms with Gasteiger partial charge in [-0.05, 0) is 31.0 Å². The van der Waals surface area contributed by atoms with Crippen molar-refractivity contribution in [1.82, 2.24) is 5.32 Å². The van der Waals surface area contributed by atoms with Gasteiger partial charge in [-0.1, -0.05) is 11.6 Å². The molecule has 114 valence electrons. The third kappa shape index (κ3) is 4.70. The van der Waals surface area contributed by atoms with Crippen LogP contribution in [-0.4, -0.2) is 42.8 Å². The number of aromatic carboxylic acids is 1. The van der Waals surface area contributed by atoms with Crippen molar-refractivity contribution in [3.05, 3.63) is 28.8 Å². The van der Waals surface area contributed by atoms with Gasteiger partial charge in [0.2, 0.25) is 5.91 Å². The molecule has 1 heterocycles. The Labute approximate surface area is 127 Å². The molecule has 1 fully saturated rings. The van der Waals surface area contributed by atoms with Crippen LogP contribution in [0.3, 0.4) is 0 Å². The van der Waals surface area contributed by atoms with E-state index in [2.05, 4.69) is 10.6 Å². The third-order valence-corrected chi connectivity index (χ3v) is 3.50.